The summed E-state index contributed by atoms with van der Waals surface area (Å²) in [6, 6.07) is 26.0. The standard InChI is InChI=1S/C37H35F/c1-3-5-7-8-9-11-33-23-27-36-35(28-33)26-25-34(37(36)38)24-22-32-20-18-31(19-21-32)17-16-30-14-12-29(13-15-30)10-6-4-2/h4,12-15,18-21,23,25-28H,2-3,5-11H2,1H3. The maximum atomic E-state index is 15.2. The van der Waals surface area contributed by atoms with E-state index in [1.807, 2.05) is 42.5 Å². The van der Waals surface area contributed by atoms with Gasteiger partial charge in [0, 0.05) is 22.1 Å². The first-order valence-electron chi connectivity index (χ1n) is 13.7. The summed E-state index contributed by atoms with van der Waals surface area (Å²) < 4.78 is 15.2. The van der Waals surface area contributed by atoms with Gasteiger partial charge in [-0.05, 0) is 84.7 Å². The van der Waals surface area contributed by atoms with Gasteiger partial charge >= 0.3 is 0 Å². The van der Waals surface area contributed by atoms with Crippen LogP contribution in [0.15, 0.2) is 91.5 Å². The van der Waals surface area contributed by atoms with Crippen molar-refractivity contribution < 1.29 is 4.39 Å². The Bertz CT molecular complexity index is 1480. The first-order valence-corrected chi connectivity index (χ1v) is 13.7. The van der Waals surface area contributed by atoms with Crippen molar-refractivity contribution in [2.24, 2.45) is 0 Å². The van der Waals surface area contributed by atoms with Crippen LogP contribution in [0.2, 0.25) is 0 Å². The number of benzene rings is 4. The van der Waals surface area contributed by atoms with Crippen LogP contribution in [-0.2, 0) is 12.8 Å². The van der Waals surface area contributed by atoms with Gasteiger partial charge in [-0.25, -0.2) is 4.39 Å². The zero-order chi connectivity index (χ0) is 26.6. The van der Waals surface area contributed by atoms with Crippen LogP contribution >= 0.6 is 0 Å². The SMILES string of the molecule is C=CCCc1ccc(C#Cc2ccc(C#Cc3ccc4cc(CCCCCCC)ccc4c3F)cc2)cc1. The molecule has 38 heavy (non-hydrogen) atoms. The molecule has 0 bridgehead atoms. The Morgan fingerprint density at radius 3 is 1.92 bits per heavy atom. The summed E-state index contributed by atoms with van der Waals surface area (Å²) in [5.41, 5.74) is 5.73. The third-order valence-electron chi connectivity index (χ3n) is 6.76. The minimum atomic E-state index is -0.248. The molecule has 0 N–H and O–H groups in total. The van der Waals surface area contributed by atoms with Gasteiger partial charge in [-0.2, -0.15) is 0 Å². The monoisotopic (exact) mass is 498 g/mol. The largest absolute Gasteiger partial charge is 0.205 e. The highest BCUT2D eigenvalue weighted by atomic mass is 19.1. The number of fused-ring (bicyclic) bond motifs is 1. The summed E-state index contributed by atoms with van der Waals surface area (Å²) in [6.45, 7) is 6.01. The summed E-state index contributed by atoms with van der Waals surface area (Å²) in [6.07, 6.45) is 11.3. The van der Waals surface area contributed by atoms with Crippen molar-refractivity contribution in [3.8, 4) is 23.7 Å². The highest BCUT2D eigenvalue weighted by Crippen LogP contribution is 2.23. The van der Waals surface area contributed by atoms with Crippen molar-refractivity contribution >= 4 is 10.8 Å². The fraction of sp³-hybridized carbons (Fsp3) is 0.243. The molecule has 0 aliphatic rings. The molecule has 4 aromatic carbocycles. The lowest BCUT2D eigenvalue weighted by Crippen LogP contribution is -1.90. The Balaban J connectivity index is 1.40. The van der Waals surface area contributed by atoms with Crippen molar-refractivity contribution in [2.75, 3.05) is 0 Å². The summed E-state index contributed by atoms with van der Waals surface area (Å²) in [5, 5.41) is 1.57. The van der Waals surface area contributed by atoms with E-state index in [4.69, 9.17) is 0 Å². The van der Waals surface area contributed by atoms with Gasteiger partial charge in [0.25, 0.3) is 0 Å². The van der Waals surface area contributed by atoms with E-state index in [2.05, 4.69) is 73.6 Å². The number of hydrogen-bond acceptors (Lipinski definition) is 0. The van der Waals surface area contributed by atoms with Crippen LogP contribution in [0.4, 0.5) is 4.39 Å². The number of hydrogen-bond donors (Lipinski definition) is 0. The molecule has 1 heteroatoms. The van der Waals surface area contributed by atoms with Gasteiger partial charge in [-0.3, -0.25) is 0 Å². The molecule has 0 heterocycles. The van der Waals surface area contributed by atoms with E-state index >= 15 is 4.39 Å². The van der Waals surface area contributed by atoms with Crippen LogP contribution in [0, 0.1) is 29.5 Å². The predicted octanol–water partition coefficient (Wildman–Crippen LogP) is 9.41. The zero-order valence-corrected chi connectivity index (χ0v) is 22.3. The third kappa shape index (κ3) is 7.71. The van der Waals surface area contributed by atoms with Gasteiger partial charge in [-0.1, -0.05) is 98.8 Å². The molecule has 190 valence electrons. The molecule has 0 saturated heterocycles. The molecule has 0 fully saturated rings. The molecule has 0 unspecified atom stereocenters. The lowest BCUT2D eigenvalue weighted by molar-refractivity contribution is 0.631. The number of halogens is 1. The second-order valence-electron chi connectivity index (χ2n) is 9.75. The second-order valence-corrected chi connectivity index (χ2v) is 9.75. The third-order valence-corrected chi connectivity index (χ3v) is 6.76. The van der Waals surface area contributed by atoms with Crippen LogP contribution in [0.5, 0.6) is 0 Å². The van der Waals surface area contributed by atoms with Crippen molar-refractivity contribution in [3.63, 3.8) is 0 Å². The van der Waals surface area contributed by atoms with Gasteiger partial charge in [-0.15, -0.1) is 6.58 Å². The Labute approximate surface area is 227 Å². The van der Waals surface area contributed by atoms with Crippen LogP contribution in [0.1, 0.15) is 78.8 Å². The van der Waals surface area contributed by atoms with E-state index in [-0.39, 0.29) is 5.82 Å². The number of unbranched alkanes of at least 4 members (excludes halogenated alkanes) is 4. The molecule has 0 radical (unpaired) electrons. The minimum Gasteiger partial charge on any atom is -0.205 e. The summed E-state index contributed by atoms with van der Waals surface area (Å²) in [7, 11) is 0. The van der Waals surface area contributed by atoms with E-state index in [0.29, 0.717) is 10.9 Å². The number of rotatable bonds is 9. The molecular formula is C37H35F. The van der Waals surface area contributed by atoms with Crippen LogP contribution < -0.4 is 0 Å². The molecule has 0 atom stereocenters. The summed E-state index contributed by atoms with van der Waals surface area (Å²) in [4.78, 5) is 0. The number of aryl methyl sites for hydroxylation is 2. The predicted molar refractivity (Wildman–Crippen MR) is 160 cm³/mol. The Hall–Kier alpha value is -4.07. The lowest BCUT2D eigenvalue weighted by Gasteiger charge is -2.06. The van der Waals surface area contributed by atoms with Crippen molar-refractivity contribution in [1.82, 2.24) is 0 Å². The molecule has 0 nitrogen and oxygen atoms in total. The van der Waals surface area contributed by atoms with Gasteiger partial charge in [0.2, 0.25) is 0 Å². The fourth-order valence-electron chi connectivity index (χ4n) is 4.47. The van der Waals surface area contributed by atoms with E-state index < -0.39 is 0 Å². The maximum Gasteiger partial charge on any atom is 0.146 e. The van der Waals surface area contributed by atoms with Gasteiger partial charge in [0.15, 0.2) is 0 Å². The second kappa shape index (κ2) is 14.0. The Kier molecular flexibility index (Phi) is 9.96. The molecule has 0 aliphatic carbocycles. The van der Waals surface area contributed by atoms with E-state index in [1.165, 1.54) is 43.2 Å². The molecule has 0 amide bonds. The molecule has 0 aliphatic heterocycles. The average Bonchev–Trinajstić information content (AvgIpc) is 2.95. The summed E-state index contributed by atoms with van der Waals surface area (Å²) >= 11 is 0. The fourth-order valence-corrected chi connectivity index (χ4v) is 4.47. The first-order chi connectivity index (χ1) is 18.7. The van der Waals surface area contributed by atoms with Crippen LogP contribution in [0.3, 0.4) is 0 Å². The molecule has 0 saturated carbocycles. The van der Waals surface area contributed by atoms with E-state index in [0.717, 1.165) is 41.3 Å². The van der Waals surface area contributed by atoms with Crippen molar-refractivity contribution in [3.05, 3.63) is 131 Å². The van der Waals surface area contributed by atoms with Crippen LogP contribution in [0.25, 0.3) is 10.8 Å². The van der Waals surface area contributed by atoms with E-state index in [1.54, 1.807) is 6.07 Å². The van der Waals surface area contributed by atoms with Gasteiger partial charge in [0.1, 0.15) is 5.82 Å². The highest BCUT2D eigenvalue weighted by molar-refractivity contribution is 5.85. The van der Waals surface area contributed by atoms with Gasteiger partial charge < -0.3 is 0 Å². The number of allylic oxidation sites excluding steroid dienone is 1. The Morgan fingerprint density at radius 1 is 0.658 bits per heavy atom. The van der Waals surface area contributed by atoms with Crippen LogP contribution in [-0.4, -0.2) is 0 Å². The zero-order valence-electron chi connectivity index (χ0n) is 22.3. The maximum absolute atomic E-state index is 15.2. The van der Waals surface area contributed by atoms with Gasteiger partial charge in [0.05, 0.1) is 5.56 Å². The molecular weight excluding hydrogens is 463 g/mol. The Morgan fingerprint density at radius 2 is 1.26 bits per heavy atom. The van der Waals surface area contributed by atoms with Crippen molar-refractivity contribution in [2.45, 2.75) is 58.3 Å². The normalized spacial score (nSPS) is 10.4. The molecule has 4 aromatic rings. The van der Waals surface area contributed by atoms with E-state index in [9.17, 15) is 0 Å². The smallest absolute Gasteiger partial charge is 0.146 e. The first kappa shape index (κ1) is 27.0. The minimum absolute atomic E-state index is 0.248. The molecule has 0 spiro atoms. The quantitative estimate of drug-likeness (QED) is 0.122. The molecule has 0 aromatic heterocycles. The lowest BCUT2D eigenvalue weighted by atomic mass is 10.00. The highest BCUT2D eigenvalue weighted by Gasteiger charge is 2.07. The summed E-state index contributed by atoms with van der Waals surface area (Å²) in [5.74, 6) is 12.3. The average molecular weight is 499 g/mol. The molecule has 4 rings (SSSR count). The topological polar surface area (TPSA) is 0 Å². The van der Waals surface area contributed by atoms with Crippen molar-refractivity contribution in [1.29, 1.82) is 0 Å².